The summed E-state index contributed by atoms with van der Waals surface area (Å²) in [6.07, 6.45) is 15.5. The van der Waals surface area contributed by atoms with E-state index in [0.29, 0.717) is 23.2 Å². The van der Waals surface area contributed by atoms with Crippen molar-refractivity contribution in [1.29, 1.82) is 0 Å². The van der Waals surface area contributed by atoms with Crippen LogP contribution in [0.1, 0.15) is 91.9 Å². The van der Waals surface area contributed by atoms with Gasteiger partial charge in [-0.2, -0.15) is 0 Å². The highest BCUT2D eigenvalue weighted by Gasteiger charge is 2.50. The zero-order valence-electron chi connectivity index (χ0n) is 19.3. The van der Waals surface area contributed by atoms with Crippen LogP contribution in [0.4, 0.5) is 0 Å². The van der Waals surface area contributed by atoms with Crippen LogP contribution >= 0.6 is 0 Å². The predicted molar refractivity (Wildman–Crippen MR) is 131 cm³/mol. The molecule has 3 rings (SSSR count). The maximum atomic E-state index is 10.3. The number of allylic oxidation sites excluding steroid dienone is 4. The van der Waals surface area contributed by atoms with Crippen LogP contribution in [-0.4, -0.2) is 45.5 Å². The molecule has 0 spiro atoms. The highest BCUT2D eigenvalue weighted by molar-refractivity contribution is 5.75. The average Bonchev–Trinajstić information content (AvgIpc) is 3.04. The summed E-state index contributed by atoms with van der Waals surface area (Å²) in [4.78, 5) is 0. The maximum Gasteiger partial charge on any atom is 0.316 e. The first kappa shape index (κ1) is 26.2. The Morgan fingerprint density at radius 3 is 2.53 bits per heavy atom. The van der Waals surface area contributed by atoms with Crippen molar-refractivity contribution in [2.75, 3.05) is 0 Å². The Balaban J connectivity index is 0.00000320. The molecule has 0 aromatic rings. The van der Waals surface area contributed by atoms with Gasteiger partial charge in [0.1, 0.15) is 0 Å². The maximum absolute atomic E-state index is 10.3. The highest BCUT2D eigenvalue weighted by atomic mass is 24.3. The molecule has 0 aliphatic heterocycles. The van der Waals surface area contributed by atoms with Gasteiger partial charge in [-0.3, -0.25) is 0 Å². The van der Waals surface area contributed by atoms with Crippen LogP contribution in [0.3, 0.4) is 0 Å². The topological polar surface area (TPSA) is 40.5 Å². The van der Waals surface area contributed by atoms with Gasteiger partial charge >= 0.3 is 23.1 Å². The van der Waals surface area contributed by atoms with Gasteiger partial charge < -0.3 is 10.2 Å². The van der Waals surface area contributed by atoms with E-state index in [1.165, 1.54) is 43.3 Å². The Labute approximate surface area is 201 Å². The molecule has 3 heteroatoms. The van der Waals surface area contributed by atoms with Crippen LogP contribution in [0.15, 0.2) is 35.5 Å². The fourth-order valence-electron chi connectivity index (χ4n) is 6.58. The van der Waals surface area contributed by atoms with E-state index in [9.17, 15) is 10.2 Å². The molecule has 0 aromatic carbocycles. The molecule has 0 saturated heterocycles. The van der Waals surface area contributed by atoms with Gasteiger partial charge in [-0.05, 0) is 98.9 Å². The summed E-state index contributed by atoms with van der Waals surface area (Å²) in [5.74, 6) is 2.52. The van der Waals surface area contributed by atoms with Crippen molar-refractivity contribution >= 4 is 23.1 Å². The molecule has 2 N–H and O–H groups in total. The quantitative estimate of drug-likeness (QED) is 0.537. The minimum Gasteiger partial charge on any atom is -0.393 e. The molecule has 0 aromatic heterocycles. The molecule has 6 atom stereocenters. The molecule has 3 saturated carbocycles. The van der Waals surface area contributed by atoms with Crippen LogP contribution in [0.2, 0.25) is 0 Å². The molecule has 168 valence electrons. The monoisotopic (exact) mass is 426 g/mol. The van der Waals surface area contributed by atoms with Gasteiger partial charge in [-0.1, -0.05) is 57.6 Å². The van der Waals surface area contributed by atoms with Crippen LogP contribution < -0.4 is 0 Å². The van der Waals surface area contributed by atoms with E-state index >= 15 is 0 Å². The molecule has 30 heavy (non-hydrogen) atoms. The lowest BCUT2D eigenvalue weighted by Gasteiger charge is -2.44. The molecule has 2 unspecified atom stereocenters. The number of aliphatic hydroxyl groups excluding tert-OH is 2. The molecule has 0 amide bonds. The molecule has 3 aliphatic rings. The summed E-state index contributed by atoms with van der Waals surface area (Å²) < 4.78 is 0. The first-order valence-electron chi connectivity index (χ1n) is 12.2. The van der Waals surface area contributed by atoms with E-state index in [0.717, 1.165) is 38.0 Å². The summed E-state index contributed by atoms with van der Waals surface area (Å²) in [7, 11) is 0. The third kappa shape index (κ3) is 5.82. The van der Waals surface area contributed by atoms with E-state index in [1.807, 2.05) is 0 Å². The van der Waals surface area contributed by atoms with Gasteiger partial charge in [0.2, 0.25) is 0 Å². The molecule has 3 aliphatic carbocycles. The fraction of sp³-hybridized carbons (Fsp3) is 0.778. The van der Waals surface area contributed by atoms with Crippen molar-refractivity contribution in [2.45, 2.75) is 104 Å². The van der Waals surface area contributed by atoms with Gasteiger partial charge in [-0.25, -0.2) is 0 Å². The summed E-state index contributed by atoms with van der Waals surface area (Å²) in [6.45, 7) is 13.4. The third-order valence-electron chi connectivity index (χ3n) is 8.60. The van der Waals surface area contributed by atoms with Crippen molar-refractivity contribution in [3.8, 4) is 0 Å². The smallest absolute Gasteiger partial charge is 0.316 e. The van der Waals surface area contributed by atoms with E-state index in [1.54, 1.807) is 5.57 Å². The second-order valence-corrected chi connectivity index (χ2v) is 10.9. The zero-order valence-corrected chi connectivity index (χ0v) is 19.3. The van der Waals surface area contributed by atoms with Crippen molar-refractivity contribution in [3.63, 3.8) is 0 Å². The van der Waals surface area contributed by atoms with Gasteiger partial charge in [0.15, 0.2) is 0 Å². The standard InChI is InChI=1S/C27H44O2.Mg.2H/c1-18(2)26(29)15-9-20(4)24-13-14-25-21(7-6-16-27(24,25)5)10-11-22-17-23(28)12-8-19(22)3;;;/h10-11,18,20,23-26,28-29H,3,6-9,12-17H2,1-2,4-5H3;;;/b21-10?,22-11-;;;/t20-,23+,24-,25?,26?,27-;;;/m1.../s1. The van der Waals surface area contributed by atoms with Crippen LogP contribution in [0, 0.1) is 29.1 Å². The third-order valence-corrected chi connectivity index (χ3v) is 8.60. The molecule has 3 fully saturated rings. The Hall–Kier alpha value is -0.0938. The van der Waals surface area contributed by atoms with Gasteiger partial charge in [0.05, 0.1) is 12.2 Å². The minimum atomic E-state index is -0.195. The molecular weight excluding hydrogens is 381 g/mol. The predicted octanol–water partition coefficient (Wildman–Crippen LogP) is 5.67. The fourth-order valence-corrected chi connectivity index (χ4v) is 6.58. The minimum absolute atomic E-state index is 0. The van der Waals surface area contributed by atoms with Gasteiger partial charge in [0, 0.05) is 0 Å². The first-order valence-corrected chi connectivity index (χ1v) is 12.2. The summed E-state index contributed by atoms with van der Waals surface area (Å²) >= 11 is 0. The number of hydrogen-bond donors (Lipinski definition) is 2. The molecule has 2 nitrogen and oxygen atoms in total. The summed E-state index contributed by atoms with van der Waals surface area (Å²) in [5, 5.41) is 20.3. The van der Waals surface area contributed by atoms with Gasteiger partial charge in [0.25, 0.3) is 0 Å². The van der Waals surface area contributed by atoms with E-state index in [4.69, 9.17) is 0 Å². The van der Waals surface area contributed by atoms with Crippen LogP contribution in [0.5, 0.6) is 0 Å². The van der Waals surface area contributed by atoms with Crippen LogP contribution in [0.25, 0.3) is 0 Å². The average molecular weight is 427 g/mol. The van der Waals surface area contributed by atoms with Gasteiger partial charge in [-0.15, -0.1) is 0 Å². The highest BCUT2D eigenvalue weighted by Crippen LogP contribution is 2.59. The van der Waals surface area contributed by atoms with Crippen molar-refractivity contribution in [2.24, 2.45) is 29.1 Å². The number of rotatable bonds is 6. The Morgan fingerprint density at radius 2 is 1.83 bits per heavy atom. The molecule has 0 heterocycles. The molecule has 0 radical (unpaired) electrons. The van der Waals surface area contributed by atoms with E-state index < -0.39 is 0 Å². The number of fused-ring (bicyclic) bond motifs is 1. The molecular formula is C27H46MgO2. The zero-order chi connectivity index (χ0) is 21.2. The lowest BCUT2D eigenvalue weighted by atomic mass is 9.60. The first-order chi connectivity index (χ1) is 13.7. The molecule has 0 bridgehead atoms. The van der Waals surface area contributed by atoms with E-state index in [-0.39, 0.29) is 35.3 Å². The Morgan fingerprint density at radius 1 is 1.10 bits per heavy atom. The Kier molecular flexibility index (Phi) is 9.73. The van der Waals surface area contributed by atoms with Crippen LogP contribution in [-0.2, 0) is 0 Å². The van der Waals surface area contributed by atoms with Crippen molar-refractivity contribution in [1.82, 2.24) is 0 Å². The van der Waals surface area contributed by atoms with Crippen molar-refractivity contribution < 1.29 is 10.2 Å². The van der Waals surface area contributed by atoms with E-state index in [2.05, 4.69) is 46.4 Å². The summed E-state index contributed by atoms with van der Waals surface area (Å²) in [6, 6.07) is 0. The van der Waals surface area contributed by atoms with Crippen molar-refractivity contribution in [3.05, 3.63) is 35.5 Å². The lowest BCUT2D eigenvalue weighted by Crippen LogP contribution is -2.36. The second kappa shape index (κ2) is 11.2. The second-order valence-electron chi connectivity index (χ2n) is 10.9. The SMILES string of the molecule is C=C1CC[C@H](O)C/C1=C/C=C1CCC[C@@]2(C)C1CC[C@@H]2[C@H](C)CCC(O)C(C)C.[MgH2]. The largest absolute Gasteiger partial charge is 0.393 e. The lowest BCUT2D eigenvalue weighted by molar-refractivity contribution is 0.0717. The normalized spacial score (nSPS) is 36.6. The number of aliphatic hydroxyl groups is 2. The Bertz CT molecular complexity index is 649. The number of hydrogen-bond acceptors (Lipinski definition) is 2. The summed E-state index contributed by atoms with van der Waals surface area (Å²) in [5.41, 5.74) is 4.52.